The average Bonchev–Trinajstić information content (AvgIpc) is 2.63. The Hall–Kier alpha value is -3.15. The van der Waals surface area contributed by atoms with Crippen molar-refractivity contribution in [3.05, 3.63) is 65.7 Å². The summed E-state index contributed by atoms with van der Waals surface area (Å²) in [5.74, 6) is -1.75. The van der Waals surface area contributed by atoms with E-state index in [-0.39, 0.29) is 24.2 Å². The topological polar surface area (TPSA) is 95.5 Å². The molecule has 136 valence electrons. The lowest BCUT2D eigenvalue weighted by Gasteiger charge is -2.15. The third-order valence-corrected chi connectivity index (χ3v) is 3.95. The first-order valence-corrected chi connectivity index (χ1v) is 8.42. The number of carbonyl (C=O) groups excluding carboxylic acids is 2. The van der Waals surface area contributed by atoms with Crippen molar-refractivity contribution in [2.45, 2.75) is 25.7 Å². The molecule has 0 heterocycles. The molecule has 1 atom stereocenters. The lowest BCUT2D eigenvalue weighted by Crippen LogP contribution is -2.30. The predicted molar refractivity (Wildman–Crippen MR) is 98.9 cm³/mol. The number of nitrogens with one attached hydrogen (secondary N) is 2. The first-order chi connectivity index (χ1) is 12.5. The van der Waals surface area contributed by atoms with Gasteiger partial charge in [0.2, 0.25) is 11.8 Å². The SMILES string of the molecule is CCC(C(=O)Nc1ccc(CC(=O)NCC(=O)O)cc1)c1ccccc1. The molecule has 26 heavy (non-hydrogen) atoms. The van der Waals surface area contributed by atoms with Crippen molar-refractivity contribution in [1.82, 2.24) is 5.32 Å². The maximum atomic E-state index is 12.5. The molecule has 0 aliphatic heterocycles. The molecule has 6 nitrogen and oxygen atoms in total. The monoisotopic (exact) mass is 354 g/mol. The van der Waals surface area contributed by atoms with E-state index in [0.29, 0.717) is 12.1 Å². The molecule has 0 aliphatic carbocycles. The van der Waals surface area contributed by atoms with E-state index in [9.17, 15) is 14.4 Å². The lowest BCUT2D eigenvalue weighted by molar-refractivity contribution is -0.137. The van der Waals surface area contributed by atoms with Crippen LogP contribution in [-0.2, 0) is 20.8 Å². The molecular weight excluding hydrogens is 332 g/mol. The molecule has 6 heteroatoms. The van der Waals surface area contributed by atoms with Gasteiger partial charge in [-0.25, -0.2) is 0 Å². The molecule has 0 aliphatic rings. The van der Waals surface area contributed by atoms with Crippen LogP contribution in [0.1, 0.15) is 30.4 Å². The highest BCUT2D eigenvalue weighted by Gasteiger charge is 2.18. The van der Waals surface area contributed by atoms with Gasteiger partial charge in [-0.3, -0.25) is 14.4 Å². The molecule has 1 unspecified atom stereocenters. The second-order valence-corrected chi connectivity index (χ2v) is 5.90. The van der Waals surface area contributed by atoms with Gasteiger partial charge in [0.25, 0.3) is 0 Å². The predicted octanol–water partition coefficient (Wildman–Crippen LogP) is 2.56. The maximum absolute atomic E-state index is 12.5. The first kappa shape index (κ1) is 19.2. The number of hydrogen-bond donors (Lipinski definition) is 3. The number of carboxylic acids is 1. The summed E-state index contributed by atoms with van der Waals surface area (Å²) in [6.07, 6.45) is 0.779. The molecule has 3 N–H and O–H groups in total. The summed E-state index contributed by atoms with van der Waals surface area (Å²) in [7, 11) is 0. The lowest BCUT2D eigenvalue weighted by atomic mass is 9.95. The first-order valence-electron chi connectivity index (χ1n) is 8.42. The average molecular weight is 354 g/mol. The molecule has 0 bridgehead atoms. The number of rotatable bonds is 8. The van der Waals surface area contributed by atoms with Crippen LogP contribution >= 0.6 is 0 Å². The molecule has 2 rings (SSSR count). The van der Waals surface area contributed by atoms with E-state index in [1.165, 1.54) is 0 Å². The molecular formula is C20H22N2O4. The number of benzene rings is 2. The number of carbonyl (C=O) groups is 3. The van der Waals surface area contributed by atoms with Crippen molar-refractivity contribution in [2.24, 2.45) is 0 Å². The van der Waals surface area contributed by atoms with Gasteiger partial charge in [-0.1, -0.05) is 49.4 Å². The zero-order valence-electron chi connectivity index (χ0n) is 14.6. The zero-order valence-corrected chi connectivity index (χ0v) is 14.6. The van der Waals surface area contributed by atoms with Crippen molar-refractivity contribution < 1.29 is 19.5 Å². The van der Waals surface area contributed by atoms with E-state index >= 15 is 0 Å². The van der Waals surface area contributed by atoms with Gasteiger partial charge < -0.3 is 15.7 Å². The smallest absolute Gasteiger partial charge is 0.322 e. The van der Waals surface area contributed by atoms with E-state index in [0.717, 1.165) is 11.1 Å². The van der Waals surface area contributed by atoms with Crippen molar-refractivity contribution in [3.63, 3.8) is 0 Å². The van der Waals surface area contributed by atoms with Gasteiger partial charge in [0, 0.05) is 5.69 Å². The normalized spacial score (nSPS) is 11.4. The molecule has 0 radical (unpaired) electrons. The van der Waals surface area contributed by atoms with Crippen molar-refractivity contribution in [1.29, 1.82) is 0 Å². The molecule has 2 aromatic carbocycles. The third kappa shape index (κ3) is 5.73. The van der Waals surface area contributed by atoms with Gasteiger partial charge in [-0.2, -0.15) is 0 Å². The van der Waals surface area contributed by atoms with Crippen LogP contribution in [0.5, 0.6) is 0 Å². The van der Waals surface area contributed by atoms with Crippen LogP contribution in [0.4, 0.5) is 5.69 Å². The summed E-state index contributed by atoms with van der Waals surface area (Å²) < 4.78 is 0. The minimum absolute atomic E-state index is 0.0781. The van der Waals surface area contributed by atoms with Crippen LogP contribution in [0.15, 0.2) is 54.6 Å². The van der Waals surface area contributed by atoms with Crippen LogP contribution in [0, 0.1) is 0 Å². The van der Waals surface area contributed by atoms with E-state index in [1.807, 2.05) is 37.3 Å². The maximum Gasteiger partial charge on any atom is 0.322 e. The summed E-state index contributed by atoms with van der Waals surface area (Å²) in [5.41, 5.74) is 2.36. The van der Waals surface area contributed by atoms with E-state index in [1.54, 1.807) is 24.3 Å². The zero-order chi connectivity index (χ0) is 18.9. The van der Waals surface area contributed by atoms with E-state index in [4.69, 9.17) is 5.11 Å². The van der Waals surface area contributed by atoms with Crippen molar-refractivity contribution in [2.75, 3.05) is 11.9 Å². The quantitative estimate of drug-likeness (QED) is 0.679. The van der Waals surface area contributed by atoms with Crippen LogP contribution in [-0.4, -0.2) is 29.4 Å². The van der Waals surface area contributed by atoms with Crippen LogP contribution in [0.25, 0.3) is 0 Å². The summed E-state index contributed by atoms with van der Waals surface area (Å²) in [6.45, 7) is 1.57. The van der Waals surface area contributed by atoms with E-state index < -0.39 is 12.5 Å². The molecule has 2 aromatic rings. The number of aliphatic carboxylic acids is 1. The highest BCUT2D eigenvalue weighted by Crippen LogP contribution is 2.21. The standard InChI is InChI=1S/C20H22N2O4/c1-2-17(15-6-4-3-5-7-15)20(26)22-16-10-8-14(9-11-16)12-18(23)21-13-19(24)25/h3-11,17H,2,12-13H2,1H3,(H,21,23)(H,22,26)(H,24,25). The van der Waals surface area contributed by atoms with Gasteiger partial charge in [0.05, 0.1) is 12.3 Å². The minimum Gasteiger partial charge on any atom is -0.480 e. The van der Waals surface area contributed by atoms with E-state index in [2.05, 4.69) is 10.6 Å². The van der Waals surface area contributed by atoms with Crippen LogP contribution in [0.3, 0.4) is 0 Å². The summed E-state index contributed by atoms with van der Waals surface area (Å²) in [4.78, 5) is 34.6. The van der Waals surface area contributed by atoms with Gasteiger partial charge in [-0.05, 0) is 29.7 Å². The van der Waals surface area contributed by atoms with Crippen LogP contribution in [0.2, 0.25) is 0 Å². The van der Waals surface area contributed by atoms with Crippen molar-refractivity contribution >= 4 is 23.5 Å². The molecule has 0 saturated carbocycles. The molecule has 0 aromatic heterocycles. The number of amides is 2. The van der Waals surface area contributed by atoms with Gasteiger partial charge >= 0.3 is 5.97 Å². The van der Waals surface area contributed by atoms with Gasteiger partial charge in [0.1, 0.15) is 6.54 Å². The fourth-order valence-corrected chi connectivity index (χ4v) is 2.62. The number of anilines is 1. The largest absolute Gasteiger partial charge is 0.480 e. The summed E-state index contributed by atoms with van der Waals surface area (Å²) in [6, 6.07) is 16.5. The Morgan fingerprint density at radius 3 is 2.23 bits per heavy atom. The Labute approximate surface area is 152 Å². The Balaban J connectivity index is 1.94. The molecule has 2 amide bonds. The molecule has 0 saturated heterocycles. The highest BCUT2D eigenvalue weighted by molar-refractivity contribution is 5.95. The fraction of sp³-hybridized carbons (Fsp3) is 0.250. The van der Waals surface area contributed by atoms with Crippen molar-refractivity contribution in [3.8, 4) is 0 Å². The van der Waals surface area contributed by atoms with Gasteiger partial charge in [0.15, 0.2) is 0 Å². The Kier molecular flexibility index (Phi) is 6.91. The van der Waals surface area contributed by atoms with Crippen LogP contribution < -0.4 is 10.6 Å². The highest BCUT2D eigenvalue weighted by atomic mass is 16.4. The summed E-state index contributed by atoms with van der Waals surface area (Å²) in [5, 5.41) is 13.7. The van der Waals surface area contributed by atoms with Gasteiger partial charge in [-0.15, -0.1) is 0 Å². The Bertz CT molecular complexity index is 757. The second-order valence-electron chi connectivity index (χ2n) is 5.90. The minimum atomic E-state index is -1.08. The molecule has 0 spiro atoms. The second kappa shape index (κ2) is 9.36. The molecule has 0 fully saturated rings. The number of hydrogen-bond acceptors (Lipinski definition) is 3. The Morgan fingerprint density at radius 1 is 1.00 bits per heavy atom. The summed E-state index contributed by atoms with van der Waals surface area (Å²) >= 11 is 0. The Morgan fingerprint density at radius 2 is 1.65 bits per heavy atom. The third-order valence-electron chi connectivity index (χ3n) is 3.95. The number of carboxylic acid groups (broad SMARTS) is 1. The fourth-order valence-electron chi connectivity index (χ4n) is 2.62.